The molecule has 1 atom stereocenters. The van der Waals surface area contributed by atoms with Gasteiger partial charge in [0.25, 0.3) is 0 Å². The molecular formula is C14H19NO6. The molecule has 0 aliphatic heterocycles. The normalized spacial score (nSPS) is 11.9. The SMILES string of the molecule is CCCOCC(=O)N[C@@H](Cc1ccc(O)c(O)c1)C(=O)O. The molecule has 0 bridgehead atoms. The smallest absolute Gasteiger partial charge is 0.326 e. The Balaban J connectivity index is 2.63. The molecule has 7 nitrogen and oxygen atoms in total. The molecule has 116 valence electrons. The van der Waals surface area contributed by atoms with Crippen LogP contribution < -0.4 is 5.32 Å². The van der Waals surface area contributed by atoms with E-state index in [1.807, 2.05) is 6.92 Å². The van der Waals surface area contributed by atoms with Crippen molar-refractivity contribution in [2.75, 3.05) is 13.2 Å². The molecule has 1 amide bonds. The van der Waals surface area contributed by atoms with Crippen LogP contribution in [0, 0.1) is 0 Å². The summed E-state index contributed by atoms with van der Waals surface area (Å²) < 4.78 is 5.03. The van der Waals surface area contributed by atoms with Crippen molar-refractivity contribution in [1.82, 2.24) is 5.32 Å². The Labute approximate surface area is 122 Å². The number of nitrogens with one attached hydrogen (secondary N) is 1. The van der Waals surface area contributed by atoms with Crippen molar-refractivity contribution in [2.45, 2.75) is 25.8 Å². The molecule has 4 N–H and O–H groups in total. The highest BCUT2D eigenvalue weighted by Crippen LogP contribution is 2.25. The van der Waals surface area contributed by atoms with E-state index in [0.717, 1.165) is 6.42 Å². The number of aromatic hydroxyl groups is 2. The minimum absolute atomic E-state index is 0.0112. The van der Waals surface area contributed by atoms with Gasteiger partial charge in [-0.25, -0.2) is 4.79 Å². The maximum Gasteiger partial charge on any atom is 0.326 e. The molecule has 1 rings (SSSR count). The second-order valence-electron chi connectivity index (χ2n) is 4.54. The highest BCUT2D eigenvalue weighted by Gasteiger charge is 2.20. The maximum absolute atomic E-state index is 11.6. The van der Waals surface area contributed by atoms with E-state index in [1.54, 1.807) is 0 Å². The molecule has 0 aliphatic rings. The van der Waals surface area contributed by atoms with Crippen molar-refractivity contribution in [3.63, 3.8) is 0 Å². The molecule has 0 unspecified atom stereocenters. The molecule has 0 heterocycles. The number of phenols is 2. The van der Waals surface area contributed by atoms with Gasteiger partial charge in [-0.2, -0.15) is 0 Å². The first-order chi connectivity index (χ1) is 9.93. The first kappa shape index (κ1) is 16.8. The topological polar surface area (TPSA) is 116 Å². The van der Waals surface area contributed by atoms with Crippen molar-refractivity contribution in [3.05, 3.63) is 23.8 Å². The predicted octanol–water partition coefficient (Wildman–Crippen LogP) is 0.636. The number of phenolic OH excluding ortho intramolecular Hbond substituents is 2. The van der Waals surface area contributed by atoms with Crippen LogP contribution in [0.5, 0.6) is 11.5 Å². The Bertz CT molecular complexity index is 502. The lowest BCUT2D eigenvalue weighted by Crippen LogP contribution is -2.43. The Morgan fingerprint density at radius 2 is 2.00 bits per heavy atom. The molecule has 7 heteroatoms. The van der Waals surface area contributed by atoms with Gasteiger partial charge >= 0.3 is 5.97 Å². The van der Waals surface area contributed by atoms with Gasteiger partial charge in [-0.1, -0.05) is 13.0 Å². The van der Waals surface area contributed by atoms with Gasteiger partial charge in [0.15, 0.2) is 11.5 Å². The van der Waals surface area contributed by atoms with Crippen LogP contribution in [0.2, 0.25) is 0 Å². The number of aliphatic carboxylic acids is 1. The number of ether oxygens (including phenoxy) is 1. The van der Waals surface area contributed by atoms with Gasteiger partial charge in [-0.15, -0.1) is 0 Å². The van der Waals surface area contributed by atoms with Crippen LogP contribution in [-0.2, 0) is 20.7 Å². The molecule has 0 radical (unpaired) electrons. The minimum atomic E-state index is -1.19. The molecule has 0 aromatic heterocycles. The van der Waals surface area contributed by atoms with Gasteiger partial charge in [0.1, 0.15) is 12.6 Å². The van der Waals surface area contributed by atoms with E-state index in [1.165, 1.54) is 18.2 Å². The quantitative estimate of drug-likeness (QED) is 0.413. The largest absolute Gasteiger partial charge is 0.504 e. The number of hydrogen-bond donors (Lipinski definition) is 4. The maximum atomic E-state index is 11.6. The van der Waals surface area contributed by atoms with E-state index in [4.69, 9.17) is 9.84 Å². The van der Waals surface area contributed by atoms with E-state index in [2.05, 4.69) is 5.32 Å². The zero-order valence-corrected chi connectivity index (χ0v) is 11.7. The highest BCUT2D eigenvalue weighted by atomic mass is 16.5. The Hall–Kier alpha value is -2.28. The summed E-state index contributed by atoms with van der Waals surface area (Å²) in [5, 5.41) is 30.0. The lowest BCUT2D eigenvalue weighted by molar-refractivity contribution is -0.142. The number of rotatable bonds is 8. The summed E-state index contributed by atoms with van der Waals surface area (Å²) in [6.45, 7) is 2.13. The van der Waals surface area contributed by atoms with Crippen molar-refractivity contribution >= 4 is 11.9 Å². The van der Waals surface area contributed by atoms with Gasteiger partial charge in [0.05, 0.1) is 0 Å². The number of hydrogen-bond acceptors (Lipinski definition) is 5. The summed E-state index contributed by atoms with van der Waals surface area (Å²) in [6.07, 6.45) is 0.755. The van der Waals surface area contributed by atoms with Crippen molar-refractivity contribution in [2.24, 2.45) is 0 Å². The molecule has 1 aromatic rings. The lowest BCUT2D eigenvalue weighted by Gasteiger charge is -2.15. The summed E-state index contributed by atoms with van der Waals surface area (Å²) in [7, 11) is 0. The minimum Gasteiger partial charge on any atom is -0.504 e. The molecule has 0 saturated heterocycles. The molecular weight excluding hydrogens is 278 g/mol. The van der Waals surface area contributed by atoms with Crippen LogP contribution in [0.4, 0.5) is 0 Å². The van der Waals surface area contributed by atoms with Crippen LogP contribution in [-0.4, -0.2) is 46.5 Å². The predicted molar refractivity (Wildman–Crippen MR) is 74.2 cm³/mol. The number of benzene rings is 1. The Morgan fingerprint density at radius 3 is 2.57 bits per heavy atom. The van der Waals surface area contributed by atoms with Crippen LogP contribution in [0.3, 0.4) is 0 Å². The standard InChI is InChI=1S/C14H19NO6/c1-2-5-21-8-13(18)15-10(14(19)20)6-9-3-4-11(16)12(17)7-9/h3-4,7,10,16-17H,2,5-6,8H2,1H3,(H,15,18)(H,19,20)/t10-/m0/s1. The van der Waals surface area contributed by atoms with Crippen LogP contribution >= 0.6 is 0 Å². The van der Waals surface area contributed by atoms with E-state index in [-0.39, 0.29) is 24.5 Å². The molecule has 1 aromatic carbocycles. The summed E-state index contributed by atoms with van der Waals surface area (Å²) in [4.78, 5) is 22.7. The molecule has 21 heavy (non-hydrogen) atoms. The van der Waals surface area contributed by atoms with Gasteiger partial charge < -0.3 is 25.4 Å². The van der Waals surface area contributed by atoms with Crippen LogP contribution in [0.1, 0.15) is 18.9 Å². The van der Waals surface area contributed by atoms with Crippen molar-refractivity contribution in [3.8, 4) is 11.5 Å². The third-order valence-electron chi connectivity index (χ3n) is 2.69. The molecule has 0 spiro atoms. The third-order valence-corrected chi connectivity index (χ3v) is 2.69. The number of carbonyl (C=O) groups excluding carboxylic acids is 1. The van der Waals surface area contributed by atoms with Crippen LogP contribution in [0.25, 0.3) is 0 Å². The Morgan fingerprint density at radius 1 is 1.29 bits per heavy atom. The highest BCUT2D eigenvalue weighted by molar-refractivity contribution is 5.84. The first-order valence-electron chi connectivity index (χ1n) is 6.54. The lowest BCUT2D eigenvalue weighted by atomic mass is 10.1. The first-order valence-corrected chi connectivity index (χ1v) is 6.54. The van der Waals surface area contributed by atoms with Gasteiger partial charge in [0, 0.05) is 13.0 Å². The number of carbonyl (C=O) groups is 2. The summed E-state index contributed by atoms with van der Waals surface area (Å²) in [5.41, 5.74) is 0.479. The van der Waals surface area contributed by atoms with E-state index < -0.39 is 17.9 Å². The second kappa shape index (κ2) is 8.11. The summed E-state index contributed by atoms with van der Waals surface area (Å²) >= 11 is 0. The number of carboxylic acid groups (broad SMARTS) is 1. The monoisotopic (exact) mass is 297 g/mol. The number of carboxylic acids is 1. The fourth-order valence-corrected chi connectivity index (χ4v) is 1.68. The van der Waals surface area contributed by atoms with Gasteiger partial charge in [-0.3, -0.25) is 4.79 Å². The van der Waals surface area contributed by atoms with Gasteiger partial charge in [0.2, 0.25) is 5.91 Å². The van der Waals surface area contributed by atoms with Crippen LogP contribution in [0.15, 0.2) is 18.2 Å². The third kappa shape index (κ3) is 5.70. The molecule has 0 saturated carbocycles. The molecule has 0 aliphatic carbocycles. The van der Waals surface area contributed by atoms with Crippen molar-refractivity contribution < 1.29 is 29.6 Å². The zero-order chi connectivity index (χ0) is 15.8. The number of amides is 1. The van der Waals surface area contributed by atoms with E-state index in [9.17, 15) is 19.8 Å². The Kier molecular flexibility index (Phi) is 6.48. The fourth-order valence-electron chi connectivity index (χ4n) is 1.68. The van der Waals surface area contributed by atoms with E-state index >= 15 is 0 Å². The van der Waals surface area contributed by atoms with Crippen molar-refractivity contribution in [1.29, 1.82) is 0 Å². The summed E-state index contributed by atoms with van der Waals surface area (Å²) in [5.74, 6) is -2.33. The second-order valence-corrected chi connectivity index (χ2v) is 4.54. The average Bonchev–Trinajstić information content (AvgIpc) is 2.42. The molecule has 0 fully saturated rings. The fraction of sp³-hybridized carbons (Fsp3) is 0.429. The average molecular weight is 297 g/mol. The van der Waals surface area contributed by atoms with Gasteiger partial charge in [-0.05, 0) is 24.1 Å². The zero-order valence-electron chi connectivity index (χ0n) is 11.7. The van der Waals surface area contributed by atoms with E-state index in [0.29, 0.717) is 12.2 Å². The summed E-state index contributed by atoms with van der Waals surface area (Å²) in [6, 6.07) is 2.86.